The molecule has 1 aliphatic carbocycles. The molecule has 3 N–H and O–H groups in total. The molecule has 1 heterocycles. The number of hydrogen-bond acceptors (Lipinski definition) is 4. The molecule has 0 spiro atoms. The Balaban J connectivity index is 1.57. The molecule has 1 fully saturated rings. The maximum atomic E-state index is 14.9. The molecule has 1 aliphatic heterocycles. The molecular weight excluding hydrogens is 540 g/mol. The molecular formula is C28H25Cl2F3N2O3. The number of hydrogen-bond donors (Lipinski definition) is 3. The van der Waals surface area contributed by atoms with Crippen molar-refractivity contribution in [1.82, 2.24) is 0 Å². The number of benzene rings is 3. The second-order valence-electron chi connectivity index (χ2n) is 9.77. The average Bonchev–Trinajstić information content (AvgIpc) is 3.25. The molecule has 3 aromatic carbocycles. The van der Waals surface area contributed by atoms with E-state index in [4.69, 9.17) is 27.9 Å². The van der Waals surface area contributed by atoms with Crippen molar-refractivity contribution in [2.24, 2.45) is 11.8 Å². The minimum absolute atomic E-state index is 0.0185. The summed E-state index contributed by atoms with van der Waals surface area (Å²) in [6.07, 6.45) is 4.83. The number of halogens is 5. The Bertz CT molecular complexity index is 1310. The topological polar surface area (TPSA) is 70.6 Å². The van der Waals surface area contributed by atoms with Crippen LogP contribution < -0.4 is 15.4 Å². The molecule has 10 heteroatoms. The summed E-state index contributed by atoms with van der Waals surface area (Å²) < 4.78 is 49.3. The summed E-state index contributed by atoms with van der Waals surface area (Å²) in [6, 6.07) is 11.3. The number of carboxylic acid groups (broad SMARTS) is 1. The van der Waals surface area contributed by atoms with Crippen LogP contribution in [0.2, 0.25) is 10.0 Å². The van der Waals surface area contributed by atoms with E-state index < -0.39 is 29.1 Å². The molecule has 1 atom stereocenters. The van der Waals surface area contributed by atoms with E-state index in [0.29, 0.717) is 16.4 Å². The van der Waals surface area contributed by atoms with E-state index >= 15 is 0 Å². The third-order valence-electron chi connectivity index (χ3n) is 7.45. The Labute approximate surface area is 227 Å². The van der Waals surface area contributed by atoms with Crippen molar-refractivity contribution < 1.29 is 27.8 Å². The van der Waals surface area contributed by atoms with E-state index in [1.165, 1.54) is 0 Å². The third-order valence-corrected chi connectivity index (χ3v) is 7.98. The molecule has 2 aliphatic rings. The quantitative estimate of drug-likeness (QED) is 0.270. The highest BCUT2D eigenvalue weighted by molar-refractivity contribution is 6.32. The fourth-order valence-corrected chi connectivity index (χ4v) is 6.00. The van der Waals surface area contributed by atoms with Crippen molar-refractivity contribution in [2.75, 3.05) is 17.2 Å². The first-order valence-electron chi connectivity index (χ1n) is 12.3. The zero-order chi connectivity index (χ0) is 27.0. The molecule has 0 unspecified atom stereocenters. The molecule has 3 aromatic rings. The summed E-state index contributed by atoms with van der Waals surface area (Å²) in [4.78, 5) is 11.3. The van der Waals surface area contributed by atoms with Gasteiger partial charge in [0.25, 0.3) is 0 Å². The predicted octanol–water partition coefficient (Wildman–Crippen LogP) is 8.07. The lowest BCUT2D eigenvalue weighted by Gasteiger charge is -2.44. The van der Waals surface area contributed by atoms with Crippen molar-refractivity contribution in [1.29, 1.82) is 0 Å². The number of fused-ring (bicyclic) bond motifs is 1. The monoisotopic (exact) mass is 564 g/mol. The van der Waals surface area contributed by atoms with Crippen LogP contribution in [0.25, 0.3) is 0 Å². The third kappa shape index (κ3) is 4.99. The Kier molecular flexibility index (Phi) is 7.38. The first kappa shape index (κ1) is 26.5. The number of carbonyl (C=O) groups is 1. The van der Waals surface area contributed by atoms with Gasteiger partial charge in [-0.25, -0.2) is 18.0 Å². The molecule has 0 bridgehead atoms. The summed E-state index contributed by atoms with van der Waals surface area (Å²) >= 11 is 12.4. The van der Waals surface area contributed by atoms with Crippen LogP contribution in [-0.2, 0) is 5.66 Å². The van der Waals surface area contributed by atoms with Gasteiger partial charge in [0.15, 0.2) is 23.2 Å². The van der Waals surface area contributed by atoms with Gasteiger partial charge < -0.3 is 20.5 Å². The maximum Gasteiger partial charge on any atom is 0.335 e. The lowest BCUT2D eigenvalue weighted by atomic mass is 9.72. The van der Waals surface area contributed by atoms with Gasteiger partial charge in [-0.1, -0.05) is 54.6 Å². The lowest BCUT2D eigenvalue weighted by Crippen LogP contribution is -2.51. The van der Waals surface area contributed by atoms with Gasteiger partial charge in [-0.2, -0.15) is 0 Å². The highest BCUT2D eigenvalue weighted by Gasteiger charge is 2.49. The van der Waals surface area contributed by atoms with Gasteiger partial charge in [-0.15, -0.1) is 0 Å². The first-order valence-corrected chi connectivity index (χ1v) is 13.1. The number of carboxylic acids is 1. The second-order valence-corrected chi connectivity index (χ2v) is 10.6. The number of nitrogens with one attached hydrogen (secondary N) is 2. The number of rotatable bonds is 7. The number of ether oxygens (including phenoxy) is 1. The Morgan fingerprint density at radius 2 is 1.55 bits per heavy atom. The lowest BCUT2D eigenvalue weighted by molar-refractivity contribution is 0.0696. The zero-order valence-electron chi connectivity index (χ0n) is 20.2. The largest absolute Gasteiger partial charge is 0.488 e. The van der Waals surface area contributed by atoms with E-state index in [-0.39, 0.29) is 34.8 Å². The van der Waals surface area contributed by atoms with Gasteiger partial charge in [-0.3, -0.25) is 0 Å². The molecule has 0 amide bonds. The van der Waals surface area contributed by atoms with Crippen molar-refractivity contribution in [3.8, 4) is 5.75 Å². The molecule has 1 saturated carbocycles. The van der Waals surface area contributed by atoms with E-state index in [1.807, 2.05) is 12.1 Å². The Morgan fingerprint density at radius 3 is 2.11 bits per heavy atom. The van der Waals surface area contributed by atoms with E-state index in [0.717, 1.165) is 61.9 Å². The van der Waals surface area contributed by atoms with Gasteiger partial charge in [0.2, 0.25) is 0 Å². The number of aromatic carboxylic acids is 1. The predicted molar refractivity (Wildman–Crippen MR) is 141 cm³/mol. The highest BCUT2D eigenvalue weighted by Crippen LogP contribution is 2.49. The van der Waals surface area contributed by atoms with Crippen LogP contribution in [0.15, 0.2) is 48.5 Å². The van der Waals surface area contributed by atoms with Gasteiger partial charge in [0.1, 0.15) is 5.66 Å². The maximum absolute atomic E-state index is 14.9. The molecule has 38 heavy (non-hydrogen) atoms. The van der Waals surface area contributed by atoms with Crippen LogP contribution in [0.3, 0.4) is 0 Å². The Morgan fingerprint density at radius 1 is 0.947 bits per heavy atom. The fraction of sp³-hybridized carbons (Fsp3) is 0.321. The molecule has 0 radical (unpaired) electrons. The van der Waals surface area contributed by atoms with Gasteiger partial charge in [0.05, 0.1) is 28.6 Å². The SMILES string of the molecule is O=C(O)c1cc(F)c(OC[C@@H](C2CCCCC2)C2(c3ccc(Cl)cc3)Nc3cc(F)c(F)cc3N2)c(Cl)c1. The molecule has 5 rings (SSSR count). The molecule has 5 nitrogen and oxygen atoms in total. The minimum atomic E-state index is -1.31. The van der Waals surface area contributed by atoms with Gasteiger partial charge in [0, 0.05) is 23.1 Å². The Hall–Kier alpha value is -3.10. The van der Waals surface area contributed by atoms with Crippen LogP contribution in [-0.4, -0.2) is 17.7 Å². The van der Waals surface area contributed by atoms with Crippen molar-refractivity contribution in [3.05, 3.63) is 87.2 Å². The van der Waals surface area contributed by atoms with Crippen molar-refractivity contribution in [2.45, 2.75) is 37.8 Å². The van der Waals surface area contributed by atoms with Crippen LogP contribution in [0, 0.1) is 29.3 Å². The van der Waals surface area contributed by atoms with Crippen LogP contribution in [0.4, 0.5) is 24.5 Å². The van der Waals surface area contributed by atoms with Gasteiger partial charge in [-0.05, 0) is 48.6 Å². The minimum Gasteiger partial charge on any atom is -0.488 e. The summed E-state index contributed by atoms with van der Waals surface area (Å²) in [6.45, 7) is -0.0185. The van der Waals surface area contributed by atoms with E-state index in [2.05, 4.69) is 10.6 Å². The number of anilines is 2. The van der Waals surface area contributed by atoms with Gasteiger partial charge >= 0.3 is 5.97 Å². The van der Waals surface area contributed by atoms with Crippen LogP contribution in [0.1, 0.15) is 48.0 Å². The van der Waals surface area contributed by atoms with Crippen molar-refractivity contribution in [3.63, 3.8) is 0 Å². The molecule has 0 aromatic heterocycles. The summed E-state index contributed by atoms with van der Waals surface area (Å²) in [5.74, 6) is -4.68. The second kappa shape index (κ2) is 10.6. The molecule has 0 saturated heterocycles. The summed E-state index contributed by atoms with van der Waals surface area (Å²) in [5, 5.41) is 16.4. The van der Waals surface area contributed by atoms with E-state index in [9.17, 15) is 23.1 Å². The highest BCUT2D eigenvalue weighted by atomic mass is 35.5. The van der Waals surface area contributed by atoms with E-state index in [1.54, 1.807) is 12.1 Å². The summed E-state index contributed by atoms with van der Waals surface area (Å²) in [5.41, 5.74) is 0.161. The average molecular weight is 565 g/mol. The van der Waals surface area contributed by atoms with Crippen LogP contribution >= 0.6 is 23.2 Å². The smallest absolute Gasteiger partial charge is 0.335 e. The normalized spacial score (nSPS) is 17.3. The molecule has 200 valence electrons. The first-order chi connectivity index (χ1) is 18.2. The summed E-state index contributed by atoms with van der Waals surface area (Å²) in [7, 11) is 0. The fourth-order valence-electron chi connectivity index (χ4n) is 5.61. The van der Waals surface area contributed by atoms with Crippen LogP contribution in [0.5, 0.6) is 5.75 Å². The van der Waals surface area contributed by atoms with Crippen molar-refractivity contribution >= 4 is 40.5 Å². The zero-order valence-corrected chi connectivity index (χ0v) is 21.7. The standard InChI is InChI=1S/C28H25Cl2F3N2O3/c29-18-8-6-17(7-9-18)28(34-24-12-21(31)22(32)13-25(24)35-28)19(15-4-2-1-3-5-15)14-38-26-20(30)10-16(27(36)37)11-23(26)33/h6-13,15,19,34-35H,1-5,14H2,(H,36,37)/t19-/m0/s1.